The minimum Gasteiger partial charge on any atom is -0.354 e. The van der Waals surface area contributed by atoms with E-state index >= 15 is 0 Å². The molecule has 1 fully saturated rings. The summed E-state index contributed by atoms with van der Waals surface area (Å²) in [5.74, 6) is 0.512. The third-order valence-corrected chi connectivity index (χ3v) is 6.28. The van der Waals surface area contributed by atoms with Crippen molar-refractivity contribution < 1.29 is 4.79 Å². The molecule has 0 saturated heterocycles. The van der Waals surface area contributed by atoms with Crippen LogP contribution in [-0.4, -0.2) is 10.8 Å². The average molecular weight is 380 g/mol. The maximum absolute atomic E-state index is 13.1. The highest BCUT2D eigenvalue weighted by Gasteiger charge is 2.35. The molecule has 144 valence electrons. The molecule has 2 nitrogen and oxygen atoms in total. The fourth-order valence-corrected chi connectivity index (χ4v) is 4.94. The van der Waals surface area contributed by atoms with Crippen LogP contribution in [0, 0.1) is 5.92 Å². The molecular formula is C27H25NO. The Morgan fingerprint density at radius 3 is 2.24 bits per heavy atom. The molecule has 29 heavy (non-hydrogen) atoms. The minimum atomic E-state index is 0.0350. The molecule has 2 atom stereocenters. The standard InChI is InChI=1S/C27H25NO/c29-24-18-10-8-16-22(24)25(19-11-3-1-4-12-19)26-21-15-7-9-17-23(21)28-27(26)20-13-5-2-6-14-20/h1-7,9,11-15,17,22,25,28H,8,10,16,18H2. The summed E-state index contributed by atoms with van der Waals surface area (Å²) >= 11 is 0. The van der Waals surface area contributed by atoms with Gasteiger partial charge in [-0.25, -0.2) is 0 Å². The van der Waals surface area contributed by atoms with Gasteiger partial charge in [-0.15, -0.1) is 0 Å². The Balaban J connectivity index is 1.79. The van der Waals surface area contributed by atoms with E-state index in [4.69, 9.17) is 0 Å². The van der Waals surface area contributed by atoms with Crippen molar-refractivity contribution >= 4 is 16.7 Å². The van der Waals surface area contributed by atoms with Crippen LogP contribution in [0.2, 0.25) is 0 Å². The summed E-state index contributed by atoms with van der Waals surface area (Å²) in [4.78, 5) is 16.8. The highest BCUT2D eigenvalue weighted by Crippen LogP contribution is 2.45. The summed E-state index contributed by atoms with van der Waals surface area (Å²) in [6.45, 7) is 0. The van der Waals surface area contributed by atoms with Crippen LogP contribution in [0.15, 0.2) is 84.9 Å². The van der Waals surface area contributed by atoms with E-state index in [1.165, 1.54) is 22.1 Å². The van der Waals surface area contributed by atoms with Crippen LogP contribution in [0.5, 0.6) is 0 Å². The maximum atomic E-state index is 13.1. The van der Waals surface area contributed by atoms with E-state index in [-0.39, 0.29) is 11.8 Å². The van der Waals surface area contributed by atoms with Gasteiger partial charge < -0.3 is 4.98 Å². The second-order valence-corrected chi connectivity index (χ2v) is 8.03. The molecule has 0 radical (unpaired) electrons. The van der Waals surface area contributed by atoms with Crippen LogP contribution in [0.25, 0.3) is 22.2 Å². The lowest BCUT2D eigenvalue weighted by molar-refractivity contribution is -0.125. The van der Waals surface area contributed by atoms with Crippen LogP contribution >= 0.6 is 0 Å². The Labute approximate surface area is 171 Å². The topological polar surface area (TPSA) is 32.9 Å². The summed E-state index contributed by atoms with van der Waals surface area (Å²) in [7, 11) is 0. The van der Waals surface area contributed by atoms with Gasteiger partial charge in [-0.1, -0.05) is 85.3 Å². The van der Waals surface area contributed by atoms with Gasteiger partial charge in [0.05, 0.1) is 5.69 Å². The number of aromatic nitrogens is 1. The highest BCUT2D eigenvalue weighted by molar-refractivity contribution is 5.93. The number of fused-ring (bicyclic) bond motifs is 1. The Kier molecular flexibility index (Phi) is 4.77. The largest absolute Gasteiger partial charge is 0.354 e. The normalized spacial score (nSPS) is 18.1. The first kappa shape index (κ1) is 17.9. The Bertz CT molecular complexity index is 1130. The number of Topliss-reactive ketones (excluding diaryl/α,β-unsaturated/α-hetero) is 1. The molecule has 0 aliphatic heterocycles. The first-order valence-corrected chi connectivity index (χ1v) is 10.6. The smallest absolute Gasteiger partial charge is 0.136 e. The third-order valence-electron chi connectivity index (χ3n) is 6.28. The average Bonchev–Trinajstić information content (AvgIpc) is 3.16. The molecule has 1 aromatic heterocycles. The number of benzene rings is 3. The summed E-state index contributed by atoms with van der Waals surface area (Å²) in [6, 6.07) is 29.6. The molecule has 2 heteroatoms. The summed E-state index contributed by atoms with van der Waals surface area (Å²) in [5, 5.41) is 1.22. The SMILES string of the molecule is O=C1CCCCC1C(c1ccccc1)c1c(-c2ccccc2)[nH]c2ccccc12. The van der Waals surface area contributed by atoms with Gasteiger partial charge in [0.25, 0.3) is 0 Å². The lowest BCUT2D eigenvalue weighted by atomic mass is 9.72. The van der Waals surface area contributed by atoms with Crippen molar-refractivity contribution in [1.29, 1.82) is 0 Å². The predicted octanol–water partition coefficient (Wildman–Crippen LogP) is 6.73. The molecule has 3 aromatic carbocycles. The second kappa shape index (κ2) is 7.71. The van der Waals surface area contributed by atoms with Gasteiger partial charge in [-0.3, -0.25) is 4.79 Å². The monoisotopic (exact) mass is 379 g/mol. The quantitative estimate of drug-likeness (QED) is 0.419. The number of hydrogen-bond donors (Lipinski definition) is 1. The molecule has 1 aliphatic carbocycles. The number of carbonyl (C=O) groups excluding carboxylic acids is 1. The van der Waals surface area contributed by atoms with Crippen molar-refractivity contribution in [2.45, 2.75) is 31.6 Å². The lowest BCUT2D eigenvalue weighted by Crippen LogP contribution is -2.26. The van der Waals surface area contributed by atoms with Crippen LogP contribution < -0.4 is 0 Å². The number of para-hydroxylation sites is 1. The van der Waals surface area contributed by atoms with Crippen molar-refractivity contribution in [2.75, 3.05) is 0 Å². The Morgan fingerprint density at radius 2 is 1.48 bits per heavy atom. The summed E-state index contributed by atoms with van der Waals surface area (Å²) in [5.41, 5.74) is 5.93. The molecule has 0 spiro atoms. The van der Waals surface area contributed by atoms with Crippen molar-refractivity contribution in [2.24, 2.45) is 5.92 Å². The van der Waals surface area contributed by atoms with Crippen molar-refractivity contribution in [3.8, 4) is 11.3 Å². The third kappa shape index (κ3) is 3.29. The minimum absolute atomic E-state index is 0.0350. The van der Waals surface area contributed by atoms with Crippen molar-refractivity contribution in [3.63, 3.8) is 0 Å². The van der Waals surface area contributed by atoms with Gasteiger partial charge in [0.15, 0.2) is 0 Å². The van der Waals surface area contributed by atoms with Gasteiger partial charge in [0, 0.05) is 29.2 Å². The van der Waals surface area contributed by atoms with Gasteiger partial charge >= 0.3 is 0 Å². The molecule has 4 aromatic rings. The molecular weight excluding hydrogens is 354 g/mol. The maximum Gasteiger partial charge on any atom is 0.136 e. The molecule has 5 rings (SSSR count). The van der Waals surface area contributed by atoms with Crippen LogP contribution in [-0.2, 0) is 4.79 Å². The number of hydrogen-bond acceptors (Lipinski definition) is 1. The van der Waals surface area contributed by atoms with E-state index in [0.717, 1.165) is 30.5 Å². The first-order valence-electron chi connectivity index (χ1n) is 10.6. The zero-order chi connectivity index (χ0) is 19.6. The lowest BCUT2D eigenvalue weighted by Gasteiger charge is -2.30. The van der Waals surface area contributed by atoms with E-state index < -0.39 is 0 Å². The van der Waals surface area contributed by atoms with E-state index in [1.54, 1.807) is 0 Å². The predicted molar refractivity (Wildman–Crippen MR) is 119 cm³/mol. The van der Waals surface area contributed by atoms with Crippen molar-refractivity contribution in [3.05, 3.63) is 96.1 Å². The van der Waals surface area contributed by atoms with E-state index in [9.17, 15) is 4.79 Å². The molecule has 1 aliphatic rings. The Hall–Kier alpha value is -3.13. The highest BCUT2D eigenvalue weighted by atomic mass is 16.1. The van der Waals surface area contributed by atoms with E-state index in [0.29, 0.717) is 12.2 Å². The fraction of sp³-hybridized carbons (Fsp3) is 0.222. The van der Waals surface area contributed by atoms with Gasteiger partial charge in [0.1, 0.15) is 5.78 Å². The number of aromatic amines is 1. The molecule has 2 unspecified atom stereocenters. The number of nitrogens with one attached hydrogen (secondary N) is 1. The van der Waals surface area contributed by atoms with E-state index in [2.05, 4.69) is 83.8 Å². The van der Waals surface area contributed by atoms with Crippen LogP contribution in [0.1, 0.15) is 42.7 Å². The number of ketones is 1. The Morgan fingerprint density at radius 1 is 0.793 bits per heavy atom. The van der Waals surface area contributed by atoms with Gasteiger partial charge in [0.2, 0.25) is 0 Å². The molecule has 1 heterocycles. The second-order valence-electron chi connectivity index (χ2n) is 8.03. The zero-order valence-electron chi connectivity index (χ0n) is 16.5. The fourth-order valence-electron chi connectivity index (χ4n) is 4.94. The molecule has 1 saturated carbocycles. The van der Waals surface area contributed by atoms with Crippen LogP contribution in [0.4, 0.5) is 0 Å². The zero-order valence-corrected chi connectivity index (χ0v) is 16.5. The van der Waals surface area contributed by atoms with Crippen LogP contribution in [0.3, 0.4) is 0 Å². The van der Waals surface area contributed by atoms with Gasteiger partial charge in [-0.2, -0.15) is 0 Å². The van der Waals surface area contributed by atoms with E-state index in [1.807, 2.05) is 6.07 Å². The van der Waals surface area contributed by atoms with Crippen molar-refractivity contribution in [1.82, 2.24) is 4.98 Å². The number of rotatable bonds is 4. The summed E-state index contributed by atoms with van der Waals surface area (Å²) in [6.07, 6.45) is 3.82. The molecule has 1 N–H and O–H groups in total. The number of carbonyl (C=O) groups is 1. The molecule has 0 amide bonds. The first-order chi connectivity index (χ1) is 14.3. The number of H-pyrrole nitrogens is 1. The van der Waals surface area contributed by atoms with Gasteiger partial charge in [-0.05, 0) is 35.6 Å². The molecule has 0 bridgehead atoms. The summed E-state index contributed by atoms with van der Waals surface area (Å²) < 4.78 is 0.